The zero-order valence-corrected chi connectivity index (χ0v) is 10.8. The molecule has 3 N–H and O–H groups in total. The van der Waals surface area contributed by atoms with Crippen LogP contribution in [0.25, 0.3) is 0 Å². The summed E-state index contributed by atoms with van der Waals surface area (Å²) in [6.07, 6.45) is 2.44. The quantitative estimate of drug-likeness (QED) is 0.638. The third kappa shape index (κ3) is 3.77. The molecule has 7 heteroatoms. The number of hydrogen-bond donors (Lipinski definition) is 2. The van der Waals surface area contributed by atoms with E-state index in [0.29, 0.717) is 18.3 Å². The summed E-state index contributed by atoms with van der Waals surface area (Å²) in [7, 11) is 0. The van der Waals surface area contributed by atoms with Gasteiger partial charge < -0.3 is 11.1 Å². The van der Waals surface area contributed by atoms with Crippen LogP contribution in [0.15, 0.2) is 29.4 Å². The molecule has 2 aromatic rings. The first-order valence-corrected chi connectivity index (χ1v) is 6.32. The first kappa shape index (κ1) is 12.4. The molecule has 94 valence electrons. The summed E-state index contributed by atoms with van der Waals surface area (Å²) < 4.78 is 0. The second-order valence-corrected chi connectivity index (χ2v) is 4.84. The molecule has 6 nitrogen and oxygen atoms in total. The van der Waals surface area contributed by atoms with Crippen LogP contribution in [-0.4, -0.2) is 27.7 Å². The lowest BCUT2D eigenvalue weighted by molar-refractivity contribution is 0.904. The third-order valence-corrected chi connectivity index (χ3v) is 3.00. The van der Waals surface area contributed by atoms with Gasteiger partial charge in [0, 0.05) is 19.2 Å². The van der Waals surface area contributed by atoms with E-state index in [1.54, 1.807) is 17.5 Å². The average Bonchev–Trinajstić information content (AvgIpc) is 2.76. The fraction of sp³-hybridized carbons (Fsp3) is 0.273. The van der Waals surface area contributed by atoms with Crippen LogP contribution in [0.3, 0.4) is 0 Å². The van der Waals surface area contributed by atoms with Crippen LogP contribution in [0.1, 0.15) is 10.0 Å². The number of aryl methyl sites for hydroxylation is 1. The molecule has 0 amide bonds. The molecule has 2 heterocycles. The van der Waals surface area contributed by atoms with Crippen molar-refractivity contribution in [1.82, 2.24) is 15.2 Å². The SMILES string of the molecule is Cc1nnc(CCN=C(N)Nc2ccccn2)s1. The Morgan fingerprint density at radius 1 is 1.44 bits per heavy atom. The van der Waals surface area contributed by atoms with Crippen LogP contribution in [-0.2, 0) is 6.42 Å². The summed E-state index contributed by atoms with van der Waals surface area (Å²) in [6, 6.07) is 5.55. The molecule has 0 saturated carbocycles. The number of hydrogen-bond acceptors (Lipinski definition) is 5. The highest BCUT2D eigenvalue weighted by Crippen LogP contribution is 2.08. The zero-order valence-electron chi connectivity index (χ0n) is 10.00. The van der Waals surface area contributed by atoms with Gasteiger partial charge in [-0.1, -0.05) is 6.07 Å². The molecule has 2 aromatic heterocycles. The maximum atomic E-state index is 5.74. The van der Waals surface area contributed by atoms with E-state index in [0.717, 1.165) is 16.4 Å². The Kier molecular flexibility index (Phi) is 4.19. The lowest BCUT2D eigenvalue weighted by Gasteiger charge is -2.03. The van der Waals surface area contributed by atoms with Crippen molar-refractivity contribution in [2.24, 2.45) is 10.7 Å². The monoisotopic (exact) mass is 262 g/mol. The van der Waals surface area contributed by atoms with Crippen molar-refractivity contribution in [1.29, 1.82) is 0 Å². The van der Waals surface area contributed by atoms with Gasteiger partial charge in [0.25, 0.3) is 0 Å². The van der Waals surface area contributed by atoms with Crippen molar-refractivity contribution >= 4 is 23.1 Å². The van der Waals surface area contributed by atoms with Gasteiger partial charge >= 0.3 is 0 Å². The number of pyridine rings is 1. The van der Waals surface area contributed by atoms with E-state index < -0.39 is 0 Å². The molecule has 0 aromatic carbocycles. The lowest BCUT2D eigenvalue weighted by Crippen LogP contribution is -2.23. The van der Waals surface area contributed by atoms with E-state index in [2.05, 4.69) is 25.5 Å². The molecule has 0 aliphatic carbocycles. The topological polar surface area (TPSA) is 89.1 Å². The molecule has 0 unspecified atom stereocenters. The van der Waals surface area contributed by atoms with E-state index in [1.807, 2.05) is 25.1 Å². The number of nitrogens with one attached hydrogen (secondary N) is 1. The number of nitrogens with two attached hydrogens (primary N) is 1. The van der Waals surface area contributed by atoms with Crippen molar-refractivity contribution in [3.63, 3.8) is 0 Å². The summed E-state index contributed by atoms with van der Waals surface area (Å²) in [5.41, 5.74) is 5.74. The molecule has 0 bridgehead atoms. The smallest absolute Gasteiger partial charge is 0.194 e. The summed E-state index contributed by atoms with van der Waals surface area (Å²) in [4.78, 5) is 8.30. The molecule has 0 fully saturated rings. The first-order chi connectivity index (χ1) is 8.74. The maximum absolute atomic E-state index is 5.74. The van der Waals surface area contributed by atoms with Gasteiger partial charge in [-0.05, 0) is 19.1 Å². The molecule has 0 saturated heterocycles. The first-order valence-electron chi connectivity index (χ1n) is 5.51. The van der Waals surface area contributed by atoms with Crippen LogP contribution in [0.5, 0.6) is 0 Å². The number of nitrogens with zero attached hydrogens (tertiary/aromatic N) is 4. The molecular weight excluding hydrogens is 248 g/mol. The Hall–Kier alpha value is -2.02. The zero-order chi connectivity index (χ0) is 12.8. The molecule has 0 radical (unpaired) electrons. The second-order valence-electron chi connectivity index (χ2n) is 3.57. The van der Waals surface area contributed by atoms with Crippen LogP contribution in [0, 0.1) is 6.92 Å². The van der Waals surface area contributed by atoms with Gasteiger partial charge in [-0.2, -0.15) is 0 Å². The van der Waals surface area contributed by atoms with Crippen molar-refractivity contribution in [3.05, 3.63) is 34.4 Å². The highest BCUT2D eigenvalue weighted by atomic mass is 32.1. The summed E-state index contributed by atoms with van der Waals surface area (Å²) >= 11 is 1.58. The maximum Gasteiger partial charge on any atom is 0.194 e. The van der Waals surface area contributed by atoms with Gasteiger partial charge in [0.15, 0.2) is 5.96 Å². The van der Waals surface area contributed by atoms with Crippen LogP contribution in [0.4, 0.5) is 5.82 Å². The number of aromatic nitrogens is 3. The normalized spacial score (nSPS) is 11.5. The number of guanidine groups is 1. The Balaban J connectivity index is 1.82. The molecular formula is C11H14N6S. The minimum atomic E-state index is 0.356. The van der Waals surface area contributed by atoms with E-state index >= 15 is 0 Å². The van der Waals surface area contributed by atoms with Gasteiger partial charge in [0.1, 0.15) is 15.8 Å². The Morgan fingerprint density at radius 3 is 3.00 bits per heavy atom. The van der Waals surface area contributed by atoms with Gasteiger partial charge in [-0.15, -0.1) is 21.5 Å². The van der Waals surface area contributed by atoms with Crippen LogP contribution in [0.2, 0.25) is 0 Å². The van der Waals surface area contributed by atoms with Crippen molar-refractivity contribution in [2.75, 3.05) is 11.9 Å². The fourth-order valence-corrected chi connectivity index (χ4v) is 2.02. The molecule has 0 atom stereocenters. The van der Waals surface area contributed by atoms with Crippen LogP contribution < -0.4 is 11.1 Å². The Bertz CT molecular complexity index is 521. The van der Waals surface area contributed by atoms with Crippen LogP contribution >= 0.6 is 11.3 Å². The van der Waals surface area contributed by atoms with Gasteiger partial charge in [-0.3, -0.25) is 4.99 Å². The molecule has 2 rings (SSSR count). The fourth-order valence-electron chi connectivity index (χ4n) is 1.32. The molecule has 0 aliphatic rings. The summed E-state index contributed by atoms with van der Waals surface area (Å²) in [5.74, 6) is 1.04. The predicted molar refractivity (Wildman–Crippen MR) is 72.7 cm³/mol. The van der Waals surface area contributed by atoms with E-state index in [1.165, 1.54) is 0 Å². The minimum Gasteiger partial charge on any atom is -0.370 e. The van der Waals surface area contributed by atoms with Crippen molar-refractivity contribution in [2.45, 2.75) is 13.3 Å². The standard InChI is InChI=1S/C11H14N6S/c1-8-16-17-10(18-8)5-7-14-11(12)15-9-4-2-3-6-13-9/h2-4,6H,5,7H2,1H3,(H3,12,13,14,15). The van der Waals surface area contributed by atoms with Gasteiger partial charge in [0.05, 0.1) is 0 Å². The van der Waals surface area contributed by atoms with Crippen molar-refractivity contribution in [3.8, 4) is 0 Å². The number of aliphatic imine (C=N–C) groups is 1. The van der Waals surface area contributed by atoms with E-state index in [-0.39, 0.29) is 0 Å². The predicted octanol–water partition coefficient (Wildman–Crippen LogP) is 1.21. The summed E-state index contributed by atoms with van der Waals surface area (Å²) in [6.45, 7) is 2.52. The van der Waals surface area contributed by atoms with E-state index in [4.69, 9.17) is 5.73 Å². The number of rotatable bonds is 4. The van der Waals surface area contributed by atoms with E-state index in [9.17, 15) is 0 Å². The Morgan fingerprint density at radius 2 is 2.33 bits per heavy atom. The molecule has 0 aliphatic heterocycles. The van der Waals surface area contributed by atoms with Gasteiger partial charge in [0.2, 0.25) is 0 Å². The molecule has 18 heavy (non-hydrogen) atoms. The highest BCUT2D eigenvalue weighted by molar-refractivity contribution is 7.11. The van der Waals surface area contributed by atoms with Gasteiger partial charge in [-0.25, -0.2) is 4.98 Å². The highest BCUT2D eigenvalue weighted by Gasteiger charge is 2.00. The molecule has 0 spiro atoms. The summed E-state index contributed by atoms with van der Waals surface area (Å²) in [5, 5.41) is 12.8. The lowest BCUT2D eigenvalue weighted by atomic mass is 10.4. The third-order valence-electron chi connectivity index (χ3n) is 2.10. The van der Waals surface area contributed by atoms with Crippen molar-refractivity contribution < 1.29 is 0 Å². The Labute approximate surface area is 109 Å². The second kappa shape index (κ2) is 6.06. The minimum absolute atomic E-state index is 0.356. The largest absolute Gasteiger partial charge is 0.370 e. The average molecular weight is 262 g/mol. The number of anilines is 1.